The maximum Gasteiger partial charge on any atom is 0.183 e. The first-order valence-electron chi connectivity index (χ1n) is 5.63. The molecule has 0 aliphatic rings. The summed E-state index contributed by atoms with van der Waals surface area (Å²) in [4.78, 5) is 7.10. The van der Waals surface area contributed by atoms with Gasteiger partial charge in [0.25, 0.3) is 0 Å². The largest absolute Gasteiger partial charge is 0.497 e. The first kappa shape index (κ1) is 11.2. The number of hydrogen-bond acceptors (Lipinski definition) is 4. The van der Waals surface area contributed by atoms with Gasteiger partial charge in [0.1, 0.15) is 24.0 Å². The molecule has 2 heterocycles. The third-order valence-corrected chi connectivity index (χ3v) is 3.01. The van der Waals surface area contributed by atoms with Gasteiger partial charge in [-0.2, -0.15) is 5.26 Å². The van der Waals surface area contributed by atoms with Gasteiger partial charge < -0.3 is 15.5 Å². The number of nitrogen functional groups attached to an aromatic ring is 1. The molecule has 19 heavy (non-hydrogen) atoms. The monoisotopic (exact) mass is 253 g/mol. The number of fused-ring (bicyclic) bond motifs is 1. The summed E-state index contributed by atoms with van der Waals surface area (Å²) < 4.78 is 6.78. The standard InChI is InChI=1S/C13H11N5O/c1-19-9-4-2-8(3-5-9)11-12(15)18-7-16-10(6-14)13(18)17-11/h2-5,7,17H,15H2,1H3. The van der Waals surface area contributed by atoms with Crippen LogP contribution < -0.4 is 10.5 Å². The number of nitrogens with one attached hydrogen (secondary N) is 1. The van der Waals surface area contributed by atoms with E-state index in [9.17, 15) is 0 Å². The molecule has 6 heteroatoms. The number of methoxy groups -OCH3 is 1. The summed E-state index contributed by atoms with van der Waals surface area (Å²) in [6.07, 6.45) is 1.53. The maximum absolute atomic E-state index is 8.96. The molecular formula is C13H11N5O. The predicted molar refractivity (Wildman–Crippen MR) is 70.7 cm³/mol. The lowest BCUT2D eigenvalue weighted by molar-refractivity contribution is 0.415. The zero-order valence-corrected chi connectivity index (χ0v) is 10.2. The molecule has 0 aliphatic carbocycles. The number of benzene rings is 1. The number of aromatic nitrogens is 3. The van der Waals surface area contributed by atoms with E-state index < -0.39 is 0 Å². The topological polar surface area (TPSA) is 92.1 Å². The van der Waals surface area contributed by atoms with Crippen LogP contribution in [-0.2, 0) is 0 Å². The first-order chi connectivity index (χ1) is 9.24. The van der Waals surface area contributed by atoms with Crippen LogP contribution in [0.2, 0.25) is 0 Å². The molecule has 0 unspecified atom stereocenters. The number of rotatable bonds is 2. The van der Waals surface area contributed by atoms with Crippen molar-refractivity contribution in [1.29, 1.82) is 5.26 Å². The fraction of sp³-hybridized carbons (Fsp3) is 0.0769. The molecule has 2 aromatic heterocycles. The zero-order chi connectivity index (χ0) is 13.4. The Morgan fingerprint density at radius 3 is 2.74 bits per heavy atom. The molecule has 0 bridgehead atoms. The highest BCUT2D eigenvalue weighted by Crippen LogP contribution is 2.28. The normalized spacial score (nSPS) is 10.5. The molecular weight excluding hydrogens is 242 g/mol. The number of ether oxygens (including phenoxy) is 1. The van der Waals surface area contributed by atoms with Crippen LogP contribution >= 0.6 is 0 Å². The fourth-order valence-electron chi connectivity index (χ4n) is 2.01. The smallest absolute Gasteiger partial charge is 0.183 e. The minimum atomic E-state index is 0.325. The number of H-pyrrole nitrogens is 1. The maximum atomic E-state index is 8.96. The lowest BCUT2D eigenvalue weighted by Crippen LogP contribution is -1.92. The van der Waals surface area contributed by atoms with Crippen molar-refractivity contribution in [2.24, 2.45) is 0 Å². The quantitative estimate of drug-likeness (QED) is 0.728. The van der Waals surface area contributed by atoms with Crippen molar-refractivity contribution in [3.63, 3.8) is 0 Å². The second kappa shape index (κ2) is 4.07. The Morgan fingerprint density at radius 2 is 2.11 bits per heavy atom. The highest BCUT2D eigenvalue weighted by atomic mass is 16.5. The van der Waals surface area contributed by atoms with Crippen molar-refractivity contribution in [3.05, 3.63) is 36.3 Å². The predicted octanol–water partition coefficient (Wildman–Crippen LogP) is 1.79. The third-order valence-electron chi connectivity index (χ3n) is 3.01. The van der Waals surface area contributed by atoms with Crippen LogP contribution in [0.3, 0.4) is 0 Å². The van der Waals surface area contributed by atoms with Crippen molar-refractivity contribution >= 4 is 11.5 Å². The summed E-state index contributed by atoms with van der Waals surface area (Å²) >= 11 is 0. The lowest BCUT2D eigenvalue weighted by atomic mass is 10.1. The molecule has 0 radical (unpaired) electrons. The minimum absolute atomic E-state index is 0.325. The van der Waals surface area contributed by atoms with Crippen LogP contribution in [0.5, 0.6) is 5.75 Å². The zero-order valence-electron chi connectivity index (χ0n) is 10.2. The average molecular weight is 253 g/mol. The second-order valence-corrected chi connectivity index (χ2v) is 4.04. The van der Waals surface area contributed by atoms with Gasteiger partial charge in [0.2, 0.25) is 0 Å². The highest BCUT2D eigenvalue weighted by molar-refractivity contribution is 5.76. The second-order valence-electron chi connectivity index (χ2n) is 4.04. The Hall–Kier alpha value is -2.94. The van der Waals surface area contributed by atoms with Crippen LogP contribution in [0.15, 0.2) is 30.6 Å². The number of imidazole rings is 2. The van der Waals surface area contributed by atoms with Crippen molar-refractivity contribution in [1.82, 2.24) is 14.4 Å². The molecule has 0 amide bonds. The van der Waals surface area contributed by atoms with Crippen molar-refractivity contribution in [3.8, 4) is 23.1 Å². The van der Waals surface area contributed by atoms with E-state index in [1.54, 1.807) is 11.5 Å². The van der Waals surface area contributed by atoms with Gasteiger partial charge in [-0.1, -0.05) is 0 Å². The summed E-state index contributed by atoms with van der Waals surface area (Å²) in [5.41, 5.74) is 8.67. The van der Waals surface area contributed by atoms with E-state index in [0.717, 1.165) is 17.0 Å². The fourth-order valence-corrected chi connectivity index (χ4v) is 2.01. The third kappa shape index (κ3) is 1.60. The van der Waals surface area contributed by atoms with Crippen molar-refractivity contribution < 1.29 is 4.74 Å². The summed E-state index contributed by atoms with van der Waals surface area (Å²) in [5, 5.41) is 8.96. The van der Waals surface area contributed by atoms with E-state index in [2.05, 4.69) is 9.97 Å². The number of aromatic amines is 1. The van der Waals surface area contributed by atoms with Gasteiger partial charge >= 0.3 is 0 Å². The van der Waals surface area contributed by atoms with E-state index >= 15 is 0 Å². The van der Waals surface area contributed by atoms with E-state index in [-0.39, 0.29) is 0 Å². The van der Waals surface area contributed by atoms with Crippen molar-refractivity contribution in [2.75, 3.05) is 12.8 Å². The molecule has 1 aromatic carbocycles. The Kier molecular flexibility index (Phi) is 2.39. The Balaban J connectivity index is 2.16. The van der Waals surface area contributed by atoms with Gasteiger partial charge in [-0.05, 0) is 24.3 Å². The van der Waals surface area contributed by atoms with E-state index in [1.165, 1.54) is 6.33 Å². The number of nitriles is 1. The summed E-state index contributed by atoms with van der Waals surface area (Å²) in [7, 11) is 1.62. The molecule has 94 valence electrons. The van der Waals surface area contributed by atoms with Gasteiger partial charge in [0, 0.05) is 5.56 Å². The van der Waals surface area contributed by atoms with Gasteiger partial charge in [-0.3, -0.25) is 4.40 Å². The molecule has 3 N–H and O–H groups in total. The number of nitrogens with zero attached hydrogens (tertiary/aromatic N) is 3. The SMILES string of the molecule is COc1ccc(-c2[nH]c3c(C#N)ncn3c2N)cc1. The molecule has 0 saturated heterocycles. The van der Waals surface area contributed by atoms with Gasteiger partial charge in [0.15, 0.2) is 11.3 Å². The number of nitrogens with two attached hydrogens (primary N) is 1. The average Bonchev–Trinajstić information content (AvgIpc) is 2.99. The van der Waals surface area contributed by atoms with E-state index in [0.29, 0.717) is 17.2 Å². The molecule has 0 aliphatic heterocycles. The Bertz CT molecular complexity index is 776. The number of hydrogen-bond donors (Lipinski definition) is 2. The molecule has 0 spiro atoms. The summed E-state index contributed by atoms with van der Waals surface area (Å²) in [6.45, 7) is 0. The Labute approximate surface area is 109 Å². The van der Waals surface area contributed by atoms with Crippen LogP contribution in [0.4, 0.5) is 5.82 Å². The van der Waals surface area contributed by atoms with E-state index in [4.69, 9.17) is 15.7 Å². The molecule has 3 aromatic rings. The highest BCUT2D eigenvalue weighted by Gasteiger charge is 2.14. The molecule has 0 fully saturated rings. The lowest BCUT2D eigenvalue weighted by Gasteiger charge is -2.02. The molecule has 0 atom stereocenters. The van der Waals surface area contributed by atoms with Gasteiger partial charge in [-0.15, -0.1) is 0 Å². The van der Waals surface area contributed by atoms with E-state index in [1.807, 2.05) is 30.3 Å². The van der Waals surface area contributed by atoms with Gasteiger partial charge in [0.05, 0.1) is 12.8 Å². The van der Waals surface area contributed by atoms with Crippen molar-refractivity contribution in [2.45, 2.75) is 0 Å². The Morgan fingerprint density at radius 1 is 1.37 bits per heavy atom. The van der Waals surface area contributed by atoms with Crippen LogP contribution in [-0.4, -0.2) is 21.5 Å². The minimum Gasteiger partial charge on any atom is -0.497 e. The molecule has 0 saturated carbocycles. The number of anilines is 1. The molecule has 3 rings (SSSR count). The van der Waals surface area contributed by atoms with Gasteiger partial charge in [-0.25, -0.2) is 4.98 Å². The van der Waals surface area contributed by atoms with Crippen LogP contribution in [0.1, 0.15) is 5.69 Å². The summed E-state index contributed by atoms with van der Waals surface area (Å²) in [5.74, 6) is 1.30. The van der Waals surface area contributed by atoms with Crippen LogP contribution in [0, 0.1) is 11.3 Å². The molecule has 6 nitrogen and oxygen atoms in total. The first-order valence-corrected chi connectivity index (χ1v) is 5.63. The summed E-state index contributed by atoms with van der Waals surface area (Å²) in [6, 6.07) is 9.54. The van der Waals surface area contributed by atoms with Crippen LogP contribution in [0.25, 0.3) is 16.9 Å².